The lowest BCUT2D eigenvalue weighted by Crippen LogP contribution is -2.37. The van der Waals surface area contributed by atoms with Crippen LogP contribution in [0.15, 0.2) is 53.4 Å². The Hall–Kier alpha value is -2.60. The number of thioether (sulfide) groups is 1. The van der Waals surface area contributed by atoms with Gasteiger partial charge >= 0.3 is 0 Å². The summed E-state index contributed by atoms with van der Waals surface area (Å²) < 4.78 is 0. The Balaban J connectivity index is 1.49. The first-order chi connectivity index (χ1) is 13.1. The van der Waals surface area contributed by atoms with E-state index in [0.29, 0.717) is 22.9 Å². The van der Waals surface area contributed by atoms with Crippen molar-refractivity contribution in [2.45, 2.75) is 29.9 Å². The number of anilines is 1. The van der Waals surface area contributed by atoms with Gasteiger partial charge in [0.15, 0.2) is 0 Å². The number of amides is 3. The van der Waals surface area contributed by atoms with Crippen LogP contribution in [-0.2, 0) is 4.79 Å². The summed E-state index contributed by atoms with van der Waals surface area (Å²) >= 11 is 1.78. The normalized spacial score (nSPS) is 18.9. The zero-order valence-electron chi connectivity index (χ0n) is 15.1. The predicted octanol–water partition coefficient (Wildman–Crippen LogP) is 3.59. The molecular weight excluding hydrogens is 360 g/mol. The maximum absolute atomic E-state index is 12.9. The number of nitrogens with zero attached hydrogens (tertiary/aromatic N) is 2. The van der Waals surface area contributed by atoms with Crippen molar-refractivity contribution in [1.82, 2.24) is 4.90 Å². The van der Waals surface area contributed by atoms with Crippen molar-refractivity contribution in [2.24, 2.45) is 0 Å². The molecule has 4 rings (SSSR count). The van der Waals surface area contributed by atoms with E-state index in [1.54, 1.807) is 40.9 Å². The molecule has 0 aliphatic carbocycles. The summed E-state index contributed by atoms with van der Waals surface area (Å²) in [6, 6.07) is 14.7. The monoisotopic (exact) mass is 380 g/mol. The summed E-state index contributed by atoms with van der Waals surface area (Å²) in [5.74, 6) is -0.693. The van der Waals surface area contributed by atoms with Gasteiger partial charge in [0, 0.05) is 29.7 Å². The molecule has 0 saturated heterocycles. The average Bonchev–Trinajstić information content (AvgIpc) is 2.81. The fraction of sp³-hybridized carbons (Fsp3) is 0.286. The molecule has 0 fully saturated rings. The van der Waals surface area contributed by atoms with E-state index in [0.717, 1.165) is 17.0 Å². The lowest BCUT2D eigenvalue weighted by Gasteiger charge is -2.23. The van der Waals surface area contributed by atoms with Crippen LogP contribution in [0, 0.1) is 0 Å². The van der Waals surface area contributed by atoms with E-state index in [1.165, 1.54) is 4.90 Å². The maximum Gasteiger partial charge on any atom is 0.261 e. The first-order valence-corrected chi connectivity index (χ1v) is 9.95. The number of rotatable bonds is 3. The van der Waals surface area contributed by atoms with Gasteiger partial charge in [0.2, 0.25) is 5.91 Å². The van der Waals surface area contributed by atoms with Gasteiger partial charge in [-0.05, 0) is 30.7 Å². The Kier molecular flexibility index (Phi) is 4.74. The molecule has 2 aromatic rings. The van der Waals surface area contributed by atoms with Crippen LogP contribution in [0.4, 0.5) is 5.69 Å². The van der Waals surface area contributed by atoms with Gasteiger partial charge in [-0.3, -0.25) is 19.3 Å². The fourth-order valence-electron chi connectivity index (χ4n) is 3.53. The molecule has 3 amide bonds. The molecular formula is C21H20N2O3S. The number of carbonyl (C=O) groups excluding carboxylic acids is 3. The number of hydrogen-bond donors (Lipinski definition) is 0. The Morgan fingerprint density at radius 2 is 1.67 bits per heavy atom. The molecule has 138 valence electrons. The minimum absolute atomic E-state index is 0.0614. The highest BCUT2D eigenvalue weighted by molar-refractivity contribution is 8.00. The minimum atomic E-state index is -0.316. The first kappa shape index (κ1) is 17.8. The van der Waals surface area contributed by atoms with Crippen LogP contribution in [-0.4, -0.2) is 41.0 Å². The van der Waals surface area contributed by atoms with Gasteiger partial charge in [-0.2, -0.15) is 0 Å². The standard InChI is InChI=1S/C21H20N2O3S/c1-14-10-12-22(17-8-4-5-9-18(17)27-14)19(24)11-13-23-20(25)15-6-2-3-7-16(15)21(23)26/h2-9,14H,10-13H2,1H3. The molecule has 2 aromatic carbocycles. The highest BCUT2D eigenvalue weighted by Gasteiger charge is 2.35. The summed E-state index contributed by atoms with van der Waals surface area (Å²) in [6.45, 7) is 2.91. The SMILES string of the molecule is CC1CCN(C(=O)CCN2C(=O)c3ccccc3C2=O)c2ccccc2S1. The van der Waals surface area contributed by atoms with E-state index in [1.807, 2.05) is 24.3 Å². The summed E-state index contributed by atoms with van der Waals surface area (Å²) in [7, 11) is 0. The zero-order valence-corrected chi connectivity index (χ0v) is 15.9. The Morgan fingerprint density at radius 1 is 1.04 bits per heavy atom. The Bertz CT molecular complexity index is 892. The van der Waals surface area contributed by atoms with Gasteiger partial charge in [0.05, 0.1) is 16.8 Å². The highest BCUT2D eigenvalue weighted by atomic mass is 32.2. The summed E-state index contributed by atoms with van der Waals surface area (Å²) in [4.78, 5) is 41.9. The van der Waals surface area contributed by atoms with Gasteiger partial charge in [0.25, 0.3) is 11.8 Å². The van der Waals surface area contributed by atoms with Crippen LogP contribution in [0.2, 0.25) is 0 Å². The van der Waals surface area contributed by atoms with Gasteiger partial charge in [0.1, 0.15) is 0 Å². The molecule has 5 nitrogen and oxygen atoms in total. The Morgan fingerprint density at radius 3 is 2.37 bits per heavy atom. The van der Waals surface area contributed by atoms with Crippen LogP contribution in [0.1, 0.15) is 40.5 Å². The molecule has 0 bridgehead atoms. The lowest BCUT2D eigenvalue weighted by atomic mass is 10.1. The smallest absolute Gasteiger partial charge is 0.261 e. The van der Waals surface area contributed by atoms with Crippen molar-refractivity contribution in [3.63, 3.8) is 0 Å². The van der Waals surface area contributed by atoms with Crippen molar-refractivity contribution in [1.29, 1.82) is 0 Å². The third-order valence-corrected chi connectivity index (χ3v) is 6.21. The van der Waals surface area contributed by atoms with Crippen molar-refractivity contribution in [3.8, 4) is 0 Å². The largest absolute Gasteiger partial charge is 0.311 e. The number of carbonyl (C=O) groups is 3. The highest BCUT2D eigenvalue weighted by Crippen LogP contribution is 2.37. The molecule has 1 atom stereocenters. The average molecular weight is 380 g/mol. The number of benzene rings is 2. The van der Waals surface area contributed by atoms with E-state index in [-0.39, 0.29) is 30.7 Å². The summed E-state index contributed by atoms with van der Waals surface area (Å²) in [5.41, 5.74) is 1.75. The number of fused-ring (bicyclic) bond motifs is 2. The van der Waals surface area contributed by atoms with E-state index < -0.39 is 0 Å². The predicted molar refractivity (Wildman–Crippen MR) is 105 cm³/mol. The zero-order chi connectivity index (χ0) is 19.0. The summed E-state index contributed by atoms with van der Waals surface area (Å²) in [6.07, 6.45) is 1.02. The van der Waals surface area contributed by atoms with E-state index >= 15 is 0 Å². The second-order valence-corrected chi connectivity index (χ2v) is 8.27. The molecule has 1 unspecified atom stereocenters. The quantitative estimate of drug-likeness (QED) is 0.764. The van der Waals surface area contributed by atoms with Crippen LogP contribution in [0.3, 0.4) is 0 Å². The molecule has 6 heteroatoms. The molecule has 27 heavy (non-hydrogen) atoms. The van der Waals surface area contributed by atoms with Crippen LogP contribution in [0.25, 0.3) is 0 Å². The third-order valence-electron chi connectivity index (χ3n) is 4.97. The summed E-state index contributed by atoms with van der Waals surface area (Å²) in [5, 5.41) is 0.431. The third kappa shape index (κ3) is 3.25. The number of imide groups is 1. The Labute approximate surface area is 162 Å². The lowest BCUT2D eigenvalue weighted by molar-refractivity contribution is -0.118. The second-order valence-electron chi connectivity index (χ2n) is 6.79. The van der Waals surface area contributed by atoms with Crippen molar-refractivity contribution >= 4 is 35.2 Å². The van der Waals surface area contributed by atoms with Crippen molar-refractivity contribution in [2.75, 3.05) is 18.0 Å². The number of hydrogen-bond acceptors (Lipinski definition) is 4. The minimum Gasteiger partial charge on any atom is -0.311 e. The second kappa shape index (κ2) is 7.19. The molecule has 2 aliphatic heterocycles. The van der Waals surface area contributed by atoms with Gasteiger partial charge in [-0.25, -0.2) is 0 Å². The van der Waals surface area contributed by atoms with Gasteiger partial charge < -0.3 is 4.90 Å². The maximum atomic E-state index is 12.9. The van der Waals surface area contributed by atoms with Crippen molar-refractivity contribution in [3.05, 3.63) is 59.7 Å². The topological polar surface area (TPSA) is 57.7 Å². The number of para-hydroxylation sites is 1. The van der Waals surface area contributed by atoms with Crippen LogP contribution >= 0.6 is 11.8 Å². The molecule has 0 saturated carbocycles. The first-order valence-electron chi connectivity index (χ1n) is 9.07. The molecule has 2 heterocycles. The fourth-order valence-corrected chi connectivity index (χ4v) is 4.64. The molecule has 0 N–H and O–H groups in total. The van der Waals surface area contributed by atoms with E-state index in [2.05, 4.69) is 6.92 Å². The van der Waals surface area contributed by atoms with Gasteiger partial charge in [-0.1, -0.05) is 31.2 Å². The molecule has 0 radical (unpaired) electrons. The molecule has 0 aromatic heterocycles. The molecule has 0 spiro atoms. The van der Waals surface area contributed by atoms with Crippen molar-refractivity contribution < 1.29 is 14.4 Å². The van der Waals surface area contributed by atoms with Crippen LogP contribution < -0.4 is 4.90 Å². The van der Waals surface area contributed by atoms with Crippen LogP contribution in [0.5, 0.6) is 0 Å². The van der Waals surface area contributed by atoms with E-state index in [9.17, 15) is 14.4 Å². The van der Waals surface area contributed by atoms with E-state index in [4.69, 9.17) is 0 Å². The van der Waals surface area contributed by atoms with Gasteiger partial charge in [-0.15, -0.1) is 11.8 Å². The molecule has 2 aliphatic rings.